The van der Waals surface area contributed by atoms with E-state index < -0.39 is 0 Å². The molecule has 0 amide bonds. The third-order valence-electron chi connectivity index (χ3n) is 3.38. The highest BCUT2D eigenvalue weighted by Gasteiger charge is 2.02. The van der Waals surface area contributed by atoms with Crippen molar-refractivity contribution >= 4 is 5.65 Å². The van der Waals surface area contributed by atoms with E-state index in [1.54, 1.807) is 0 Å². The second kappa shape index (κ2) is 6.03. The van der Waals surface area contributed by atoms with Crippen molar-refractivity contribution in [1.29, 1.82) is 0 Å². The molecule has 2 heterocycles. The van der Waals surface area contributed by atoms with Gasteiger partial charge in [-0.3, -0.25) is 0 Å². The van der Waals surface area contributed by atoms with Crippen molar-refractivity contribution in [3.8, 4) is 0 Å². The van der Waals surface area contributed by atoms with Crippen molar-refractivity contribution < 1.29 is 4.74 Å². The maximum Gasteiger partial charge on any atom is 0.137 e. The van der Waals surface area contributed by atoms with Gasteiger partial charge in [0.2, 0.25) is 0 Å². The van der Waals surface area contributed by atoms with Crippen LogP contribution in [0, 0.1) is 0 Å². The van der Waals surface area contributed by atoms with Crippen molar-refractivity contribution in [3.63, 3.8) is 0 Å². The minimum absolute atomic E-state index is 0.466. The molecule has 4 nitrogen and oxygen atoms in total. The highest BCUT2D eigenvalue weighted by molar-refractivity contribution is 5.41. The van der Waals surface area contributed by atoms with Gasteiger partial charge in [0.05, 0.1) is 18.9 Å². The molecular formula is C16H19N3O. The summed E-state index contributed by atoms with van der Waals surface area (Å²) in [5.41, 5.74) is 9.83. The summed E-state index contributed by atoms with van der Waals surface area (Å²) >= 11 is 0. The van der Waals surface area contributed by atoms with Gasteiger partial charge in [-0.2, -0.15) is 0 Å². The van der Waals surface area contributed by atoms with E-state index in [-0.39, 0.29) is 0 Å². The Morgan fingerprint density at radius 1 is 1.20 bits per heavy atom. The number of rotatable bonds is 5. The Labute approximate surface area is 118 Å². The largest absolute Gasteiger partial charge is 0.372 e. The maximum atomic E-state index is 5.76. The first-order valence-corrected chi connectivity index (χ1v) is 6.95. The van der Waals surface area contributed by atoms with Gasteiger partial charge in [-0.25, -0.2) is 4.98 Å². The summed E-state index contributed by atoms with van der Waals surface area (Å²) in [7, 11) is 0. The lowest BCUT2D eigenvalue weighted by atomic mass is 10.1. The highest BCUT2D eigenvalue weighted by Crippen LogP contribution is 2.12. The minimum Gasteiger partial charge on any atom is -0.372 e. The predicted octanol–water partition coefficient (Wildman–Crippen LogP) is 2.59. The number of nitrogens with two attached hydrogens (primary N) is 1. The maximum absolute atomic E-state index is 5.76. The van der Waals surface area contributed by atoms with Gasteiger partial charge in [-0.05, 0) is 30.0 Å². The molecule has 20 heavy (non-hydrogen) atoms. The first kappa shape index (κ1) is 13.1. The quantitative estimate of drug-likeness (QED) is 0.907. The lowest BCUT2D eigenvalue weighted by molar-refractivity contribution is 0.144. The van der Waals surface area contributed by atoms with Gasteiger partial charge in [-0.15, -0.1) is 0 Å². The van der Waals surface area contributed by atoms with Gasteiger partial charge in [0.15, 0.2) is 0 Å². The summed E-state index contributed by atoms with van der Waals surface area (Å²) in [5.74, 6) is 0. The Morgan fingerprint density at radius 3 is 2.95 bits per heavy atom. The van der Waals surface area contributed by atoms with Crippen LogP contribution in [0.15, 0.2) is 48.3 Å². The van der Waals surface area contributed by atoms with Crippen LogP contribution in [0.5, 0.6) is 0 Å². The van der Waals surface area contributed by atoms with E-state index in [1.807, 2.05) is 28.9 Å². The number of allylic oxidation sites excluding steroid dienone is 2. The Hall–Kier alpha value is -1.91. The van der Waals surface area contributed by atoms with Crippen LogP contribution >= 0.6 is 0 Å². The molecule has 0 aromatic carbocycles. The highest BCUT2D eigenvalue weighted by atomic mass is 16.5. The number of hydrogen-bond donors (Lipinski definition) is 1. The van der Waals surface area contributed by atoms with Gasteiger partial charge in [0.1, 0.15) is 5.65 Å². The normalized spacial score (nSPS) is 14.8. The fraction of sp³-hybridized carbons (Fsp3) is 0.312. The molecular weight excluding hydrogens is 250 g/mol. The van der Waals surface area contributed by atoms with E-state index in [9.17, 15) is 0 Å². The van der Waals surface area contributed by atoms with Gasteiger partial charge < -0.3 is 14.9 Å². The van der Waals surface area contributed by atoms with Crippen molar-refractivity contribution in [2.75, 3.05) is 6.61 Å². The Morgan fingerprint density at radius 2 is 2.15 bits per heavy atom. The molecule has 0 spiro atoms. The predicted molar refractivity (Wildman–Crippen MR) is 79.2 cm³/mol. The third kappa shape index (κ3) is 2.98. The number of imidazole rings is 1. The summed E-state index contributed by atoms with van der Waals surface area (Å²) < 4.78 is 7.76. The number of hydrogen-bond acceptors (Lipinski definition) is 3. The van der Waals surface area contributed by atoms with Crippen LogP contribution in [0.25, 0.3) is 5.65 Å². The van der Waals surface area contributed by atoms with E-state index in [4.69, 9.17) is 10.5 Å². The number of aromatic nitrogens is 2. The molecule has 0 radical (unpaired) electrons. The second-order valence-corrected chi connectivity index (χ2v) is 4.99. The van der Waals surface area contributed by atoms with Crippen LogP contribution in [0.1, 0.15) is 24.1 Å². The molecule has 0 fully saturated rings. The zero-order valence-electron chi connectivity index (χ0n) is 11.5. The smallest absolute Gasteiger partial charge is 0.137 e. The number of ether oxygens (including phenoxy) is 1. The average molecular weight is 269 g/mol. The van der Waals surface area contributed by atoms with Gasteiger partial charge in [0, 0.05) is 18.9 Å². The minimum atomic E-state index is 0.466. The number of nitrogens with zero attached hydrogens (tertiary/aromatic N) is 2. The molecule has 1 aliphatic carbocycles. The van der Waals surface area contributed by atoms with Crippen molar-refractivity contribution in [2.24, 2.45) is 5.73 Å². The van der Waals surface area contributed by atoms with Gasteiger partial charge in [-0.1, -0.05) is 24.3 Å². The van der Waals surface area contributed by atoms with Crippen LogP contribution in [0.2, 0.25) is 0 Å². The van der Waals surface area contributed by atoms with Crippen molar-refractivity contribution in [1.82, 2.24) is 9.38 Å². The Bertz CT molecular complexity index is 655. The third-order valence-corrected chi connectivity index (χ3v) is 3.38. The molecule has 3 rings (SSSR count). The van der Waals surface area contributed by atoms with Crippen LogP contribution in [0.4, 0.5) is 0 Å². The topological polar surface area (TPSA) is 52.5 Å². The van der Waals surface area contributed by atoms with E-state index in [1.165, 1.54) is 5.57 Å². The molecule has 0 atom stereocenters. The molecule has 0 bridgehead atoms. The molecule has 104 valence electrons. The van der Waals surface area contributed by atoms with Crippen LogP contribution in [0.3, 0.4) is 0 Å². The van der Waals surface area contributed by atoms with Crippen LogP contribution in [-0.2, 0) is 17.9 Å². The summed E-state index contributed by atoms with van der Waals surface area (Å²) in [5, 5.41) is 0. The zero-order valence-corrected chi connectivity index (χ0v) is 11.5. The van der Waals surface area contributed by atoms with Gasteiger partial charge >= 0.3 is 0 Å². The molecule has 2 aromatic heterocycles. The summed E-state index contributed by atoms with van der Waals surface area (Å²) in [6.45, 7) is 1.75. The molecule has 0 saturated heterocycles. The number of pyridine rings is 1. The molecule has 4 heteroatoms. The van der Waals surface area contributed by atoms with Crippen molar-refractivity contribution in [2.45, 2.75) is 26.0 Å². The Kier molecular flexibility index (Phi) is 3.95. The Balaban J connectivity index is 1.62. The summed E-state index contributed by atoms with van der Waals surface area (Å²) in [6, 6.07) is 4.05. The lowest BCUT2D eigenvalue weighted by Crippen LogP contribution is -2.00. The van der Waals surface area contributed by atoms with Crippen LogP contribution in [-0.4, -0.2) is 16.0 Å². The molecule has 2 aromatic rings. The monoisotopic (exact) mass is 269 g/mol. The van der Waals surface area contributed by atoms with E-state index in [0.717, 1.165) is 29.7 Å². The van der Waals surface area contributed by atoms with Gasteiger partial charge in [0.25, 0.3) is 0 Å². The molecule has 0 saturated carbocycles. The molecule has 1 aliphatic rings. The summed E-state index contributed by atoms with van der Waals surface area (Å²) in [4.78, 5) is 4.40. The van der Waals surface area contributed by atoms with E-state index in [0.29, 0.717) is 19.8 Å². The lowest BCUT2D eigenvalue weighted by Gasteiger charge is -2.08. The van der Waals surface area contributed by atoms with E-state index >= 15 is 0 Å². The SMILES string of the molecule is NCc1cn2cc(COCC3=CCCC=C3)ccc2n1. The van der Waals surface area contributed by atoms with Crippen LogP contribution < -0.4 is 5.73 Å². The standard InChI is InChI=1S/C16H19N3O/c17-8-15-10-19-9-14(6-7-16(19)18-15)12-20-11-13-4-2-1-3-5-13/h2,4-7,9-10H,1,3,8,11-12,17H2. The van der Waals surface area contributed by atoms with E-state index in [2.05, 4.69) is 23.2 Å². The first-order valence-electron chi connectivity index (χ1n) is 6.95. The summed E-state index contributed by atoms with van der Waals surface area (Å²) in [6.07, 6.45) is 12.9. The zero-order chi connectivity index (χ0) is 13.8. The first-order chi connectivity index (χ1) is 9.85. The molecule has 0 unspecified atom stereocenters. The molecule has 2 N–H and O–H groups in total. The number of fused-ring (bicyclic) bond motifs is 1. The average Bonchev–Trinajstić information content (AvgIpc) is 2.91. The fourth-order valence-electron chi connectivity index (χ4n) is 2.34. The fourth-order valence-corrected chi connectivity index (χ4v) is 2.34. The van der Waals surface area contributed by atoms with Crippen molar-refractivity contribution in [3.05, 3.63) is 59.6 Å². The molecule has 0 aliphatic heterocycles. The second-order valence-electron chi connectivity index (χ2n) is 4.99.